The summed E-state index contributed by atoms with van der Waals surface area (Å²) in [6.45, 7) is 1.93. The lowest BCUT2D eigenvalue weighted by Gasteiger charge is -2.10. The first kappa shape index (κ1) is 24.9. The zero-order chi connectivity index (χ0) is 25.7. The number of amides is 2. The summed E-state index contributed by atoms with van der Waals surface area (Å²) >= 11 is 1.15. The van der Waals surface area contributed by atoms with Gasteiger partial charge in [-0.1, -0.05) is 24.3 Å². The molecular formula is C26H26N4O5S. The number of ether oxygens (including phenoxy) is 2. The summed E-state index contributed by atoms with van der Waals surface area (Å²) in [6.07, 6.45) is 1.93. The van der Waals surface area contributed by atoms with Gasteiger partial charge in [0.15, 0.2) is 11.5 Å². The molecule has 2 aromatic carbocycles. The van der Waals surface area contributed by atoms with Crippen LogP contribution in [0.25, 0.3) is 10.2 Å². The number of hydrogen-bond donors (Lipinski definition) is 2. The molecule has 0 radical (unpaired) electrons. The Balaban J connectivity index is 1.42. The van der Waals surface area contributed by atoms with Crippen LogP contribution in [0.3, 0.4) is 0 Å². The number of aromatic nitrogens is 2. The van der Waals surface area contributed by atoms with Gasteiger partial charge in [0.1, 0.15) is 11.4 Å². The van der Waals surface area contributed by atoms with Gasteiger partial charge < -0.3 is 20.1 Å². The molecule has 0 saturated carbocycles. The van der Waals surface area contributed by atoms with Gasteiger partial charge in [0.25, 0.3) is 11.5 Å². The van der Waals surface area contributed by atoms with Crippen LogP contribution in [0.5, 0.6) is 11.5 Å². The number of fused-ring (bicyclic) bond motifs is 1. The highest BCUT2D eigenvalue weighted by atomic mass is 32.1. The number of carbonyl (C=O) groups excluding carboxylic acids is 2. The Morgan fingerprint density at radius 1 is 1.06 bits per heavy atom. The highest BCUT2D eigenvalue weighted by Crippen LogP contribution is 2.28. The van der Waals surface area contributed by atoms with Crippen molar-refractivity contribution < 1.29 is 19.1 Å². The van der Waals surface area contributed by atoms with E-state index < -0.39 is 0 Å². The summed E-state index contributed by atoms with van der Waals surface area (Å²) in [5, 5.41) is 6.00. The number of para-hydroxylation sites is 1. The number of aryl methyl sites for hydroxylation is 1. The van der Waals surface area contributed by atoms with Crippen molar-refractivity contribution in [2.45, 2.75) is 19.9 Å². The van der Waals surface area contributed by atoms with Crippen molar-refractivity contribution in [1.29, 1.82) is 0 Å². The van der Waals surface area contributed by atoms with E-state index in [-0.39, 0.29) is 23.9 Å². The second-order valence-corrected chi connectivity index (χ2v) is 9.02. The summed E-state index contributed by atoms with van der Waals surface area (Å²) in [5.74, 6) is 0.640. The zero-order valence-corrected chi connectivity index (χ0v) is 21.0. The van der Waals surface area contributed by atoms with Gasteiger partial charge in [0, 0.05) is 12.2 Å². The molecule has 0 atom stereocenters. The van der Waals surface area contributed by atoms with Crippen molar-refractivity contribution >= 4 is 39.1 Å². The molecular weight excluding hydrogens is 480 g/mol. The van der Waals surface area contributed by atoms with Crippen LogP contribution in [0.4, 0.5) is 5.69 Å². The maximum atomic E-state index is 13.1. The van der Waals surface area contributed by atoms with Gasteiger partial charge in [-0.25, -0.2) is 4.98 Å². The van der Waals surface area contributed by atoms with E-state index in [2.05, 4.69) is 15.6 Å². The fraction of sp³-hybridized carbons (Fsp3) is 0.231. The molecule has 2 N–H and O–H groups in total. The monoisotopic (exact) mass is 506 g/mol. The Kier molecular flexibility index (Phi) is 7.65. The van der Waals surface area contributed by atoms with E-state index >= 15 is 0 Å². The molecule has 9 nitrogen and oxygen atoms in total. The van der Waals surface area contributed by atoms with Crippen molar-refractivity contribution in [2.75, 3.05) is 26.1 Å². The molecule has 0 bridgehead atoms. The van der Waals surface area contributed by atoms with E-state index in [1.807, 2.05) is 36.4 Å². The standard InChI is InChI=1S/C26H26N4O5S/c1-16-22-25(36-23(16)24(32)29-18-7-5-4-6-8-18)28-15-30(26(22)33)14-21(31)27-12-11-17-9-10-19(34-2)20(13-17)35-3/h4-10,13,15H,11-12,14H2,1-3H3,(H,27,31)(H,29,32). The summed E-state index contributed by atoms with van der Waals surface area (Å²) < 4.78 is 11.8. The molecule has 10 heteroatoms. The maximum absolute atomic E-state index is 13.1. The van der Waals surface area contributed by atoms with Crippen molar-refractivity contribution in [3.8, 4) is 11.5 Å². The van der Waals surface area contributed by atoms with Crippen molar-refractivity contribution in [2.24, 2.45) is 0 Å². The Hall–Kier alpha value is -4.18. The number of rotatable bonds is 9. The van der Waals surface area contributed by atoms with Gasteiger partial charge in [-0.05, 0) is 48.7 Å². The molecule has 2 heterocycles. The van der Waals surface area contributed by atoms with Gasteiger partial charge in [-0.2, -0.15) is 0 Å². The van der Waals surface area contributed by atoms with Crippen LogP contribution in [0.15, 0.2) is 59.7 Å². The summed E-state index contributed by atoms with van der Waals surface area (Å²) in [6, 6.07) is 14.7. The minimum absolute atomic E-state index is 0.172. The number of thiophene rings is 1. The molecule has 4 rings (SSSR count). The number of anilines is 1. The molecule has 0 aliphatic rings. The lowest BCUT2D eigenvalue weighted by atomic mass is 10.1. The molecule has 0 aliphatic heterocycles. The predicted molar refractivity (Wildman–Crippen MR) is 139 cm³/mol. The third-order valence-electron chi connectivity index (χ3n) is 5.65. The molecule has 36 heavy (non-hydrogen) atoms. The van der Waals surface area contributed by atoms with Crippen LogP contribution in [0.1, 0.15) is 20.8 Å². The number of carbonyl (C=O) groups is 2. The Morgan fingerprint density at radius 2 is 1.81 bits per heavy atom. The number of nitrogens with zero attached hydrogens (tertiary/aromatic N) is 2. The van der Waals surface area contributed by atoms with Crippen molar-refractivity contribution in [1.82, 2.24) is 14.9 Å². The van der Waals surface area contributed by atoms with Crippen molar-refractivity contribution in [3.05, 3.63) is 81.2 Å². The predicted octanol–water partition coefficient (Wildman–Crippen LogP) is 3.39. The Labute approximate surface area is 211 Å². The molecule has 2 amide bonds. The SMILES string of the molecule is COc1ccc(CCNC(=O)Cn2cnc3sc(C(=O)Nc4ccccc4)c(C)c3c2=O)cc1OC. The minimum Gasteiger partial charge on any atom is -0.493 e. The first-order valence-electron chi connectivity index (χ1n) is 11.2. The first-order chi connectivity index (χ1) is 17.4. The third kappa shape index (κ3) is 5.38. The second kappa shape index (κ2) is 11.0. The smallest absolute Gasteiger partial charge is 0.266 e. The normalized spacial score (nSPS) is 10.8. The molecule has 0 spiro atoms. The van der Waals surface area contributed by atoms with E-state index in [1.54, 1.807) is 33.3 Å². The lowest BCUT2D eigenvalue weighted by Crippen LogP contribution is -2.33. The van der Waals surface area contributed by atoms with Crippen LogP contribution in [0.2, 0.25) is 0 Å². The van der Waals surface area contributed by atoms with E-state index in [1.165, 1.54) is 10.9 Å². The summed E-state index contributed by atoms with van der Waals surface area (Å²) in [4.78, 5) is 43.6. The quantitative estimate of drug-likeness (QED) is 0.360. The summed E-state index contributed by atoms with van der Waals surface area (Å²) in [5.41, 5.74) is 1.82. The molecule has 0 fully saturated rings. The second-order valence-electron chi connectivity index (χ2n) is 8.02. The van der Waals surface area contributed by atoms with E-state index in [0.29, 0.717) is 50.8 Å². The number of nitrogens with one attached hydrogen (secondary N) is 2. The molecule has 2 aromatic heterocycles. The third-order valence-corrected chi connectivity index (χ3v) is 6.85. The van der Waals surface area contributed by atoms with Gasteiger partial charge in [0.2, 0.25) is 5.91 Å². The number of methoxy groups -OCH3 is 2. The first-order valence-corrected chi connectivity index (χ1v) is 12.1. The molecule has 186 valence electrons. The maximum Gasteiger partial charge on any atom is 0.266 e. The highest BCUT2D eigenvalue weighted by Gasteiger charge is 2.20. The van der Waals surface area contributed by atoms with Crippen LogP contribution >= 0.6 is 11.3 Å². The van der Waals surface area contributed by atoms with Gasteiger partial charge >= 0.3 is 0 Å². The fourth-order valence-corrected chi connectivity index (χ4v) is 4.83. The van der Waals surface area contributed by atoms with Crippen molar-refractivity contribution in [3.63, 3.8) is 0 Å². The zero-order valence-electron chi connectivity index (χ0n) is 20.2. The Morgan fingerprint density at radius 3 is 2.53 bits per heavy atom. The van der Waals surface area contributed by atoms with Crippen LogP contribution in [0, 0.1) is 6.92 Å². The van der Waals surface area contributed by atoms with Crippen LogP contribution in [-0.4, -0.2) is 42.1 Å². The average Bonchev–Trinajstić information content (AvgIpc) is 3.23. The Bertz CT molecular complexity index is 1460. The molecule has 0 unspecified atom stereocenters. The van der Waals surface area contributed by atoms with E-state index in [0.717, 1.165) is 16.9 Å². The van der Waals surface area contributed by atoms with Crippen LogP contribution < -0.4 is 25.7 Å². The minimum atomic E-state index is -0.359. The highest BCUT2D eigenvalue weighted by molar-refractivity contribution is 7.20. The van der Waals surface area contributed by atoms with E-state index in [4.69, 9.17) is 9.47 Å². The molecule has 0 saturated heterocycles. The lowest BCUT2D eigenvalue weighted by molar-refractivity contribution is -0.121. The van der Waals surface area contributed by atoms with Gasteiger partial charge in [-0.15, -0.1) is 11.3 Å². The van der Waals surface area contributed by atoms with Crippen LogP contribution in [-0.2, 0) is 17.8 Å². The summed E-state index contributed by atoms with van der Waals surface area (Å²) in [7, 11) is 3.14. The molecule has 4 aromatic rings. The molecule has 0 aliphatic carbocycles. The average molecular weight is 507 g/mol. The van der Waals surface area contributed by atoms with Gasteiger partial charge in [0.05, 0.1) is 30.8 Å². The largest absolute Gasteiger partial charge is 0.493 e. The van der Waals surface area contributed by atoms with E-state index in [9.17, 15) is 14.4 Å². The number of benzene rings is 2. The topological polar surface area (TPSA) is 112 Å². The number of hydrogen-bond acceptors (Lipinski definition) is 7. The fourth-order valence-electron chi connectivity index (χ4n) is 3.79. The van der Waals surface area contributed by atoms with Gasteiger partial charge in [-0.3, -0.25) is 19.0 Å².